The van der Waals surface area contributed by atoms with Gasteiger partial charge in [0.05, 0.1) is 12.5 Å². The van der Waals surface area contributed by atoms with Gasteiger partial charge in [-0.3, -0.25) is 4.79 Å². The van der Waals surface area contributed by atoms with Crippen LogP contribution >= 0.6 is 11.3 Å². The van der Waals surface area contributed by atoms with Gasteiger partial charge in [-0.1, -0.05) is 66.7 Å². The summed E-state index contributed by atoms with van der Waals surface area (Å²) in [6.45, 7) is 2.73. The van der Waals surface area contributed by atoms with Gasteiger partial charge in [-0.2, -0.15) is 0 Å². The van der Waals surface area contributed by atoms with Gasteiger partial charge >= 0.3 is 0 Å². The molecule has 3 heteroatoms. The van der Waals surface area contributed by atoms with E-state index < -0.39 is 0 Å². The maximum atomic E-state index is 13.0. The third kappa shape index (κ3) is 3.74. The molecule has 24 heavy (non-hydrogen) atoms. The summed E-state index contributed by atoms with van der Waals surface area (Å²) in [6.07, 6.45) is 0.460. The fourth-order valence-electron chi connectivity index (χ4n) is 2.99. The van der Waals surface area contributed by atoms with Gasteiger partial charge in [0.2, 0.25) is 5.91 Å². The Morgan fingerprint density at radius 1 is 0.917 bits per heavy atom. The summed E-state index contributed by atoms with van der Waals surface area (Å²) in [5.41, 5.74) is 2.29. The van der Waals surface area contributed by atoms with Gasteiger partial charge in [0.25, 0.3) is 0 Å². The van der Waals surface area contributed by atoms with E-state index in [-0.39, 0.29) is 11.9 Å². The normalized spacial score (nSPS) is 10.8. The number of hydrogen-bond acceptors (Lipinski definition) is 2. The maximum absolute atomic E-state index is 13.0. The molecule has 0 fully saturated rings. The summed E-state index contributed by atoms with van der Waals surface area (Å²) >= 11 is 1.63. The SMILES string of the molecule is CCN(C(=O)Cc1cccs1)C(c1ccccc1)c1ccccc1. The Labute approximate surface area is 147 Å². The quantitative estimate of drug-likeness (QED) is 0.625. The van der Waals surface area contributed by atoms with E-state index in [9.17, 15) is 4.79 Å². The minimum Gasteiger partial charge on any atom is -0.332 e. The molecule has 1 amide bonds. The second kappa shape index (κ2) is 7.93. The van der Waals surface area contributed by atoms with Gasteiger partial charge in [-0.05, 0) is 29.5 Å². The lowest BCUT2D eigenvalue weighted by atomic mass is 9.96. The fourth-order valence-corrected chi connectivity index (χ4v) is 3.69. The minimum absolute atomic E-state index is 0.0511. The number of nitrogens with zero attached hydrogens (tertiary/aromatic N) is 1. The summed E-state index contributed by atoms with van der Waals surface area (Å²) in [7, 11) is 0. The molecule has 0 aliphatic rings. The van der Waals surface area contributed by atoms with E-state index in [1.165, 1.54) is 0 Å². The van der Waals surface area contributed by atoms with Gasteiger partial charge in [0.15, 0.2) is 0 Å². The summed E-state index contributed by atoms with van der Waals surface area (Å²) in [4.78, 5) is 16.0. The highest BCUT2D eigenvalue weighted by atomic mass is 32.1. The molecule has 122 valence electrons. The average Bonchev–Trinajstić information content (AvgIpc) is 3.14. The highest BCUT2D eigenvalue weighted by molar-refractivity contribution is 7.10. The van der Waals surface area contributed by atoms with Crippen molar-refractivity contribution in [2.75, 3.05) is 6.54 Å². The van der Waals surface area contributed by atoms with Crippen molar-refractivity contribution < 1.29 is 4.79 Å². The zero-order valence-corrected chi connectivity index (χ0v) is 14.6. The van der Waals surface area contributed by atoms with Crippen molar-refractivity contribution in [2.24, 2.45) is 0 Å². The number of hydrogen-bond donors (Lipinski definition) is 0. The van der Waals surface area contributed by atoms with E-state index in [1.54, 1.807) is 11.3 Å². The largest absolute Gasteiger partial charge is 0.332 e. The second-order valence-corrected chi connectivity index (χ2v) is 6.69. The standard InChI is InChI=1S/C21H21NOS/c1-2-22(20(23)16-19-14-9-15-24-19)21(17-10-5-3-6-11-17)18-12-7-4-8-13-18/h3-15,21H,2,16H2,1H3. The van der Waals surface area contributed by atoms with Crippen LogP contribution in [-0.4, -0.2) is 17.4 Å². The number of benzene rings is 2. The Hall–Kier alpha value is -2.39. The Kier molecular flexibility index (Phi) is 5.44. The van der Waals surface area contributed by atoms with E-state index in [1.807, 2.05) is 65.7 Å². The van der Waals surface area contributed by atoms with E-state index in [0.29, 0.717) is 13.0 Å². The third-order valence-electron chi connectivity index (χ3n) is 4.11. The first-order valence-electron chi connectivity index (χ1n) is 8.21. The van der Waals surface area contributed by atoms with Crippen LogP contribution in [0, 0.1) is 0 Å². The van der Waals surface area contributed by atoms with Gasteiger partial charge in [-0.15, -0.1) is 11.3 Å². The molecule has 0 N–H and O–H groups in total. The first-order valence-corrected chi connectivity index (χ1v) is 9.09. The molecule has 0 bridgehead atoms. The van der Waals surface area contributed by atoms with Crippen LogP contribution in [-0.2, 0) is 11.2 Å². The lowest BCUT2D eigenvalue weighted by molar-refractivity contribution is -0.131. The Morgan fingerprint density at radius 3 is 1.96 bits per heavy atom. The third-order valence-corrected chi connectivity index (χ3v) is 4.99. The predicted molar refractivity (Wildman–Crippen MR) is 100 cm³/mol. The number of amides is 1. The van der Waals surface area contributed by atoms with Crippen molar-refractivity contribution in [3.8, 4) is 0 Å². The maximum Gasteiger partial charge on any atom is 0.228 e. The Morgan fingerprint density at radius 2 is 1.50 bits per heavy atom. The van der Waals surface area contributed by atoms with Crippen LogP contribution in [0.4, 0.5) is 0 Å². The zero-order valence-electron chi connectivity index (χ0n) is 13.8. The number of thiophene rings is 1. The molecule has 2 aromatic carbocycles. The van der Waals surface area contributed by atoms with Crippen LogP contribution in [0.5, 0.6) is 0 Å². The second-order valence-electron chi connectivity index (χ2n) is 5.66. The zero-order chi connectivity index (χ0) is 16.8. The molecule has 0 radical (unpaired) electrons. The summed E-state index contributed by atoms with van der Waals surface area (Å²) in [6, 6.07) is 24.5. The molecule has 0 saturated carbocycles. The van der Waals surface area contributed by atoms with Crippen LogP contribution in [0.3, 0.4) is 0 Å². The van der Waals surface area contributed by atoms with Crippen LogP contribution < -0.4 is 0 Å². The molecule has 0 unspecified atom stereocenters. The monoisotopic (exact) mass is 335 g/mol. The van der Waals surface area contributed by atoms with E-state index in [4.69, 9.17) is 0 Å². The van der Waals surface area contributed by atoms with Crippen molar-refractivity contribution in [1.82, 2.24) is 4.90 Å². The van der Waals surface area contributed by atoms with Gasteiger partial charge in [0.1, 0.15) is 0 Å². The predicted octanol–water partition coefficient (Wildman–Crippen LogP) is 4.93. The van der Waals surface area contributed by atoms with Crippen molar-refractivity contribution in [2.45, 2.75) is 19.4 Å². The first-order chi connectivity index (χ1) is 11.8. The number of likely N-dealkylation sites (N-methyl/N-ethyl adjacent to an activating group) is 1. The summed E-state index contributed by atoms with van der Waals surface area (Å²) in [5.74, 6) is 0.164. The summed E-state index contributed by atoms with van der Waals surface area (Å²) < 4.78 is 0. The average molecular weight is 335 g/mol. The number of carbonyl (C=O) groups excluding carboxylic acids is 1. The lowest BCUT2D eigenvalue weighted by Gasteiger charge is -2.32. The molecular weight excluding hydrogens is 314 g/mol. The van der Waals surface area contributed by atoms with Crippen LogP contribution in [0.15, 0.2) is 78.2 Å². The Balaban J connectivity index is 1.95. The van der Waals surface area contributed by atoms with Crippen LogP contribution in [0.1, 0.15) is 29.0 Å². The molecule has 2 nitrogen and oxygen atoms in total. The topological polar surface area (TPSA) is 20.3 Å². The molecule has 0 spiro atoms. The fraction of sp³-hybridized carbons (Fsp3) is 0.190. The van der Waals surface area contributed by atoms with Crippen molar-refractivity contribution in [3.63, 3.8) is 0 Å². The molecule has 0 saturated heterocycles. The summed E-state index contributed by atoms with van der Waals surface area (Å²) in [5, 5.41) is 2.02. The number of rotatable bonds is 6. The smallest absolute Gasteiger partial charge is 0.228 e. The minimum atomic E-state index is -0.0511. The highest BCUT2D eigenvalue weighted by Crippen LogP contribution is 2.29. The van der Waals surface area contributed by atoms with Crippen molar-refractivity contribution >= 4 is 17.2 Å². The molecule has 0 atom stereocenters. The van der Waals surface area contributed by atoms with Gasteiger partial charge in [-0.25, -0.2) is 0 Å². The van der Waals surface area contributed by atoms with Crippen LogP contribution in [0.25, 0.3) is 0 Å². The van der Waals surface area contributed by atoms with Gasteiger partial charge in [0, 0.05) is 11.4 Å². The molecule has 0 aliphatic carbocycles. The van der Waals surface area contributed by atoms with E-state index in [2.05, 4.69) is 24.3 Å². The highest BCUT2D eigenvalue weighted by Gasteiger charge is 2.25. The van der Waals surface area contributed by atoms with Crippen molar-refractivity contribution in [1.29, 1.82) is 0 Å². The van der Waals surface area contributed by atoms with E-state index in [0.717, 1.165) is 16.0 Å². The first kappa shape index (κ1) is 16.5. The van der Waals surface area contributed by atoms with Crippen molar-refractivity contribution in [3.05, 3.63) is 94.2 Å². The molecule has 1 heterocycles. The van der Waals surface area contributed by atoms with E-state index >= 15 is 0 Å². The van der Waals surface area contributed by atoms with Crippen LogP contribution in [0.2, 0.25) is 0 Å². The number of carbonyl (C=O) groups is 1. The molecule has 0 aliphatic heterocycles. The Bertz CT molecular complexity index is 714. The molecular formula is C21H21NOS. The molecule has 3 rings (SSSR count). The lowest BCUT2D eigenvalue weighted by Crippen LogP contribution is -2.36. The molecule has 1 aromatic heterocycles. The molecule has 3 aromatic rings. The van der Waals surface area contributed by atoms with Gasteiger partial charge < -0.3 is 4.90 Å².